The predicted octanol–water partition coefficient (Wildman–Crippen LogP) is 1.89. The van der Waals surface area contributed by atoms with Gasteiger partial charge in [-0.15, -0.1) is 0 Å². The fraction of sp³-hybridized carbons (Fsp3) is 0.286. The molecule has 5 heteroatoms. The zero-order valence-electron chi connectivity index (χ0n) is 5.85. The summed E-state index contributed by atoms with van der Waals surface area (Å²) in [6, 6.07) is 0. The van der Waals surface area contributed by atoms with Crippen molar-refractivity contribution in [3.8, 4) is 0 Å². The normalized spacial score (nSPS) is 29.2. The number of hydrogen-bond acceptors (Lipinski definition) is 1. The number of alkyl halides is 1. The van der Waals surface area contributed by atoms with E-state index in [1.807, 2.05) is 0 Å². The van der Waals surface area contributed by atoms with Crippen LogP contribution in [0.25, 0.3) is 0 Å². The molecule has 0 saturated carbocycles. The molecule has 1 atom stereocenters. The van der Waals surface area contributed by atoms with Gasteiger partial charge in [0.2, 0.25) is 0 Å². The number of hydrogen-bond donors (Lipinski definition) is 1. The molecule has 0 radical (unpaired) electrons. The number of rotatable bonds is 1. The van der Waals surface area contributed by atoms with E-state index >= 15 is 0 Å². The van der Waals surface area contributed by atoms with E-state index in [0.717, 1.165) is 0 Å². The smallest absolute Gasteiger partial charge is 0.349 e. The minimum atomic E-state index is -3.09. The van der Waals surface area contributed by atoms with E-state index in [1.165, 1.54) is 0 Å². The van der Waals surface area contributed by atoms with Gasteiger partial charge in [0.15, 0.2) is 5.83 Å². The van der Waals surface area contributed by atoms with Crippen molar-refractivity contribution in [3.63, 3.8) is 0 Å². The number of carbonyl (C=O) groups is 1. The van der Waals surface area contributed by atoms with Crippen LogP contribution in [-0.4, -0.2) is 16.7 Å². The van der Waals surface area contributed by atoms with Gasteiger partial charge in [-0.3, -0.25) is 0 Å². The monoisotopic (exact) mass is 178 g/mol. The Hall–Kier alpha value is -1.26. The Balaban J connectivity index is 3.01. The summed E-state index contributed by atoms with van der Waals surface area (Å²) in [7, 11) is 0. The first-order valence-electron chi connectivity index (χ1n) is 3.12. The molecule has 1 unspecified atom stereocenters. The molecule has 0 bridgehead atoms. The van der Waals surface area contributed by atoms with Gasteiger partial charge in [0.25, 0.3) is 5.67 Å². The van der Waals surface area contributed by atoms with Crippen molar-refractivity contribution in [2.24, 2.45) is 0 Å². The van der Waals surface area contributed by atoms with Crippen LogP contribution < -0.4 is 0 Å². The van der Waals surface area contributed by atoms with Crippen molar-refractivity contribution < 1.29 is 23.1 Å². The van der Waals surface area contributed by atoms with Gasteiger partial charge in [0.05, 0.1) is 0 Å². The summed E-state index contributed by atoms with van der Waals surface area (Å²) < 4.78 is 37.8. The average molecular weight is 178 g/mol. The molecule has 0 spiro atoms. The van der Waals surface area contributed by atoms with Crippen LogP contribution in [0.2, 0.25) is 0 Å². The van der Waals surface area contributed by atoms with E-state index < -0.39 is 29.7 Å². The van der Waals surface area contributed by atoms with E-state index in [-0.39, 0.29) is 6.08 Å². The molecule has 12 heavy (non-hydrogen) atoms. The highest BCUT2D eigenvalue weighted by molar-refractivity contribution is 5.81. The average Bonchev–Trinajstić information content (AvgIpc) is 1.97. The minimum absolute atomic E-state index is 0.234. The van der Waals surface area contributed by atoms with Crippen molar-refractivity contribution in [3.05, 3.63) is 23.8 Å². The van der Waals surface area contributed by atoms with Crippen LogP contribution in [0.15, 0.2) is 23.8 Å². The van der Waals surface area contributed by atoms with Gasteiger partial charge in [0.1, 0.15) is 5.83 Å². The Morgan fingerprint density at radius 1 is 1.58 bits per heavy atom. The third kappa shape index (κ3) is 1.22. The Labute approximate surface area is 66.0 Å². The third-order valence-electron chi connectivity index (χ3n) is 1.56. The summed E-state index contributed by atoms with van der Waals surface area (Å²) in [6.07, 6.45) is 0.116. The highest BCUT2D eigenvalue weighted by Gasteiger charge is 2.44. The molecule has 0 heterocycles. The van der Waals surface area contributed by atoms with Gasteiger partial charge in [0, 0.05) is 12.5 Å². The van der Waals surface area contributed by atoms with E-state index in [4.69, 9.17) is 5.11 Å². The molecule has 0 aromatic carbocycles. The number of allylic oxidation sites excluding steroid dienone is 3. The molecular weight excluding hydrogens is 173 g/mol. The fourth-order valence-electron chi connectivity index (χ4n) is 0.819. The second-order valence-corrected chi connectivity index (χ2v) is 2.39. The molecule has 66 valence electrons. The molecule has 2 nitrogen and oxygen atoms in total. The van der Waals surface area contributed by atoms with Crippen LogP contribution in [0.1, 0.15) is 6.42 Å². The topological polar surface area (TPSA) is 37.3 Å². The van der Waals surface area contributed by atoms with Gasteiger partial charge >= 0.3 is 5.97 Å². The van der Waals surface area contributed by atoms with Gasteiger partial charge in [-0.1, -0.05) is 0 Å². The van der Waals surface area contributed by atoms with E-state index in [0.29, 0.717) is 6.08 Å². The van der Waals surface area contributed by atoms with Gasteiger partial charge < -0.3 is 5.11 Å². The molecular formula is C7H5F3O2. The Morgan fingerprint density at radius 2 is 2.17 bits per heavy atom. The lowest BCUT2D eigenvalue weighted by Crippen LogP contribution is -2.35. The van der Waals surface area contributed by atoms with Gasteiger partial charge in [-0.05, 0) is 6.08 Å². The first-order valence-corrected chi connectivity index (χ1v) is 3.12. The maximum absolute atomic E-state index is 13.0. The minimum Gasteiger partial charge on any atom is -0.479 e. The summed E-state index contributed by atoms with van der Waals surface area (Å²) in [5.74, 6) is -4.50. The molecule has 1 aliphatic carbocycles. The highest BCUT2D eigenvalue weighted by atomic mass is 19.2. The summed E-state index contributed by atoms with van der Waals surface area (Å²) in [6.45, 7) is 0. The van der Waals surface area contributed by atoms with Crippen LogP contribution >= 0.6 is 0 Å². The molecule has 1 rings (SSSR count). The fourth-order valence-corrected chi connectivity index (χ4v) is 0.819. The van der Waals surface area contributed by atoms with Gasteiger partial charge in [-0.25, -0.2) is 18.0 Å². The van der Waals surface area contributed by atoms with Gasteiger partial charge in [-0.2, -0.15) is 0 Å². The zero-order chi connectivity index (χ0) is 9.35. The van der Waals surface area contributed by atoms with Crippen LogP contribution in [0.4, 0.5) is 13.2 Å². The molecule has 1 aliphatic rings. The molecule has 0 aromatic rings. The quantitative estimate of drug-likeness (QED) is 0.665. The second kappa shape index (κ2) is 2.66. The third-order valence-corrected chi connectivity index (χ3v) is 1.56. The Morgan fingerprint density at radius 3 is 2.58 bits per heavy atom. The summed E-state index contributed by atoms with van der Waals surface area (Å²) in [4.78, 5) is 10.2. The van der Waals surface area contributed by atoms with Crippen molar-refractivity contribution in [1.29, 1.82) is 0 Å². The summed E-state index contributed by atoms with van der Waals surface area (Å²) >= 11 is 0. The number of carboxylic acid groups (broad SMARTS) is 1. The van der Waals surface area contributed by atoms with Crippen LogP contribution in [0.5, 0.6) is 0 Å². The number of carboxylic acids is 1. The second-order valence-electron chi connectivity index (χ2n) is 2.39. The SMILES string of the molecule is O=C(O)C1(F)CC=C(F)C=C1F. The first kappa shape index (κ1) is 8.83. The lowest BCUT2D eigenvalue weighted by atomic mass is 9.96. The largest absolute Gasteiger partial charge is 0.479 e. The van der Waals surface area contributed by atoms with Crippen LogP contribution in [-0.2, 0) is 4.79 Å². The molecule has 0 saturated heterocycles. The standard InChI is InChI=1S/C7H5F3O2/c8-4-1-2-7(10,6(11)12)5(9)3-4/h1,3H,2H2,(H,11,12). The van der Waals surface area contributed by atoms with Crippen LogP contribution in [0.3, 0.4) is 0 Å². The maximum Gasteiger partial charge on any atom is 0.349 e. The Kier molecular flexibility index (Phi) is 1.95. The summed E-state index contributed by atoms with van der Waals surface area (Å²) in [5, 5.41) is 8.25. The molecule has 0 fully saturated rings. The van der Waals surface area contributed by atoms with E-state index in [1.54, 1.807) is 0 Å². The molecule has 0 aliphatic heterocycles. The zero-order valence-corrected chi connectivity index (χ0v) is 5.85. The molecule has 1 N–H and O–H groups in total. The van der Waals surface area contributed by atoms with Crippen molar-refractivity contribution in [1.82, 2.24) is 0 Å². The Bertz CT molecular complexity index is 282. The highest BCUT2D eigenvalue weighted by Crippen LogP contribution is 2.33. The van der Waals surface area contributed by atoms with Crippen LogP contribution in [0, 0.1) is 0 Å². The number of aliphatic carboxylic acids is 1. The van der Waals surface area contributed by atoms with Crippen molar-refractivity contribution in [2.45, 2.75) is 12.1 Å². The van der Waals surface area contributed by atoms with E-state index in [9.17, 15) is 18.0 Å². The van der Waals surface area contributed by atoms with E-state index in [2.05, 4.69) is 0 Å². The molecule has 0 aromatic heterocycles. The van der Waals surface area contributed by atoms with Crippen molar-refractivity contribution >= 4 is 5.97 Å². The lowest BCUT2D eigenvalue weighted by Gasteiger charge is -2.19. The summed E-state index contributed by atoms with van der Waals surface area (Å²) in [5.41, 5.74) is -3.09. The lowest BCUT2D eigenvalue weighted by molar-refractivity contribution is -0.149. The molecule has 0 amide bonds. The number of halogens is 3. The van der Waals surface area contributed by atoms with Crippen molar-refractivity contribution in [2.75, 3.05) is 0 Å². The first-order chi connectivity index (χ1) is 5.47. The maximum atomic E-state index is 13.0. The predicted molar refractivity (Wildman–Crippen MR) is 34.5 cm³/mol.